The monoisotopic (exact) mass is 590 g/mol. The molecule has 7 aromatic rings. The molecule has 6 aromatic carbocycles. The van der Waals surface area contributed by atoms with Gasteiger partial charge in [0.25, 0.3) is 0 Å². The molecule has 0 fully saturated rings. The number of fused-ring (bicyclic) bond motifs is 11. The van der Waals surface area contributed by atoms with E-state index in [1.807, 2.05) is 0 Å². The van der Waals surface area contributed by atoms with E-state index < -0.39 is 0 Å². The number of hydrogen-bond acceptors (Lipinski definition) is 1. The van der Waals surface area contributed by atoms with Crippen LogP contribution in [0, 0.1) is 0 Å². The van der Waals surface area contributed by atoms with Gasteiger partial charge in [-0.15, -0.1) is 0 Å². The summed E-state index contributed by atoms with van der Waals surface area (Å²) in [5.74, 6) is 1.04. The number of aliphatic imine (C=N–C) groups is 1. The third-order valence-electron chi connectivity index (χ3n) is 10.6. The standard InChI is InChI=1S/C43H32N3/c1-43(2)37-25-30-12-5-4-11-29(30)24-36(37)33-21-22-35-34-20-17-27-10-6-7-13-32(27)41(34)45(42(35)40(33)43)31-18-15-28(16-19-31)38-26-46(3)23-9-8-14-39(46)44-38/h4-26H,1-3H3/q+1. The van der Waals surface area contributed by atoms with E-state index in [0.29, 0.717) is 4.48 Å². The number of benzene rings is 6. The van der Waals surface area contributed by atoms with Crippen molar-refractivity contribution in [3.63, 3.8) is 0 Å². The Labute approximate surface area is 267 Å². The van der Waals surface area contributed by atoms with Gasteiger partial charge in [-0.2, -0.15) is 4.99 Å². The summed E-state index contributed by atoms with van der Waals surface area (Å²) in [7, 11) is 2.17. The van der Waals surface area contributed by atoms with Crippen molar-refractivity contribution in [2.75, 3.05) is 7.05 Å². The molecule has 3 heterocycles. The molecular formula is C43H32N3+. The summed E-state index contributed by atoms with van der Waals surface area (Å²) in [5, 5.41) is 7.69. The zero-order chi connectivity index (χ0) is 30.8. The van der Waals surface area contributed by atoms with Crippen molar-refractivity contribution < 1.29 is 4.48 Å². The molecule has 0 amide bonds. The van der Waals surface area contributed by atoms with Gasteiger partial charge in [0, 0.05) is 38.9 Å². The van der Waals surface area contributed by atoms with Gasteiger partial charge < -0.3 is 4.57 Å². The summed E-state index contributed by atoms with van der Waals surface area (Å²) in [6, 6.07) is 40.7. The maximum atomic E-state index is 5.00. The number of amidine groups is 1. The zero-order valence-electron chi connectivity index (χ0n) is 26.1. The van der Waals surface area contributed by atoms with Gasteiger partial charge >= 0.3 is 0 Å². The smallest absolute Gasteiger partial charge is 0.237 e. The molecule has 0 N–H and O–H groups in total. The van der Waals surface area contributed by atoms with Gasteiger partial charge in [0.05, 0.1) is 18.1 Å². The minimum absolute atomic E-state index is 0.175. The van der Waals surface area contributed by atoms with Crippen molar-refractivity contribution in [1.29, 1.82) is 0 Å². The molecule has 1 aliphatic carbocycles. The molecule has 1 unspecified atom stereocenters. The minimum atomic E-state index is -0.175. The fourth-order valence-corrected chi connectivity index (χ4v) is 8.28. The highest BCUT2D eigenvalue weighted by molar-refractivity contribution is 6.20. The molecule has 0 saturated heterocycles. The summed E-state index contributed by atoms with van der Waals surface area (Å²) < 4.78 is 3.14. The first kappa shape index (κ1) is 25.8. The molecule has 0 saturated carbocycles. The number of quaternary nitrogens is 1. The average Bonchev–Trinajstić information content (AvgIpc) is 3.69. The van der Waals surface area contributed by atoms with Gasteiger partial charge in [-0.3, -0.25) is 0 Å². The van der Waals surface area contributed by atoms with Gasteiger partial charge in [0.1, 0.15) is 18.1 Å². The third kappa shape index (κ3) is 3.33. The molecule has 2 aliphatic heterocycles. The summed E-state index contributed by atoms with van der Waals surface area (Å²) in [6.07, 6.45) is 10.7. The fourth-order valence-electron chi connectivity index (χ4n) is 8.28. The van der Waals surface area contributed by atoms with Crippen LogP contribution in [0.25, 0.3) is 65.9 Å². The topological polar surface area (TPSA) is 17.3 Å². The number of nitrogens with zero attached hydrogens (tertiary/aromatic N) is 3. The van der Waals surface area contributed by atoms with E-state index in [1.165, 1.54) is 65.6 Å². The van der Waals surface area contributed by atoms with Crippen molar-refractivity contribution in [2.45, 2.75) is 19.3 Å². The van der Waals surface area contributed by atoms with Crippen molar-refractivity contribution in [1.82, 2.24) is 4.57 Å². The van der Waals surface area contributed by atoms with E-state index in [-0.39, 0.29) is 5.41 Å². The molecule has 0 bridgehead atoms. The Balaban J connectivity index is 1.26. The van der Waals surface area contributed by atoms with Gasteiger partial charge in [-0.25, -0.2) is 4.48 Å². The number of likely N-dealkylation sites (N-methyl/N-ethyl adjacent to an activating group) is 1. The van der Waals surface area contributed by atoms with Crippen LogP contribution >= 0.6 is 0 Å². The molecule has 46 heavy (non-hydrogen) atoms. The first-order chi connectivity index (χ1) is 22.4. The molecule has 1 atom stereocenters. The first-order valence-electron chi connectivity index (χ1n) is 16.1. The lowest BCUT2D eigenvalue weighted by atomic mass is 9.81. The van der Waals surface area contributed by atoms with E-state index in [9.17, 15) is 0 Å². The van der Waals surface area contributed by atoms with Crippen LogP contribution in [0.2, 0.25) is 0 Å². The Kier molecular flexibility index (Phi) is 4.94. The number of allylic oxidation sites excluding steroid dienone is 2. The Hall–Kier alpha value is -5.51. The van der Waals surface area contributed by atoms with E-state index in [1.54, 1.807) is 0 Å². The average molecular weight is 591 g/mol. The third-order valence-corrected chi connectivity index (χ3v) is 10.6. The Bertz CT molecular complexity index is 2610. The van der Waals surface area contributed by atoms with E-state index >= 15 is 0 Å². The van der Waals surface area contributed by atoms with Crippen LogP contribution in [0.5, 0.6) is 0 Å². The predicted molar refractivity (Wildman–Crippen MR) is 193 cm³/mol. The summed E-state index contributed by atoms with van der Waals surface area (Å²) in [4.78, 5) is 5.00. The van der Waals surface area contributed by atoms with Crippen LogP contribution in [-0.4, -0.2) is 21.9 Å². The Morgan fingerprint density at radius 3 is 2.17 bits per heavy atom. The van der Waals surface area contributed by atoms with Gasteiger partial charge in [-0.05, 0) is 74.8 Å². The number of aromatic nitrogens is 1. The second kappa shape index (κ2) is 8.81. The maximum Gasteiger partial charge on any atom is 0.237 e. The lowest BCUT2D eigenvalue weighted by Gasteiger charge is -2.24. The van der Waals surface area contributed by atoms with Gasteiger partial charge in [0.2, 0.25) is 5.84 Å². The summed E-state index contributed by atoms with van der Waals surface area (Å²) >= 11 is 0. The van der Waals surface area contributed by atoms with E-state index in [2.05, 4.69) is 165 Å². The molecule has 3 nitrogen and oxygen atoms in total. The zero-order valence-corrected chi connectivity index (χ0v) is 26.1. The lowest BCUT2D eigenvalue weighted by molar-refractivity contribution is -0.703. The second-order valence-electron chi connectivity index (χ2n) is 13.7. The SMILES string of the molecule is CC1(C)c2cc3ccccc3cc2-c2ccc3c4ccc5ccccc5c4n(-c4ccc(C5=C[N+]6(C)C=CC=CC6=N5)cc4)c3c21. The quantitative estimate of drug-likeness (QED) is 0.178. The maximum absolute atomic E-state index is 5.00. The Morgan fingerprint density at radius 1 is 0.652 bits per heavy atom. The van der Waals surface area contributed by atoms with Crippen LogP contribution in [0.1, 0.15) is 30.5 Å². The van der Waals surface area contributed by atoms with Gasteiger partial charge in [0.15, 0.2) is 0 Å². The van der Waals surface area contributed by atoms with Crippen molar-refractivity contribution >= 4 is 54.9 Å². The number of hydrogen-bond donors (Lipinski definition) is 0. The van der Waals surface area contributed by atoms with Crippen LogP contribution in [0.15, 0.2) is 145 Å². The minimum Gasteiger partial charge on any atom is -0.308 e. The van der Waals surface area contributed by atoms with E-state index in [0.717, 1.165) is 22.8 Å². The van der Waals surface area contributed by atoms with Crippen molar-refractivity contribution in [3.8, 4) is 16.8 Å². The van der Waals surface area contributed by atoms with E-state index in [4.69, 9.17) is 4.99 Å². The van der Waals surface area contributed by atoms with Crippen molar-refractivity contribution in [3.05, 3.63) is 157 Å². The summed E-state index contributed by atoms with van der Waals surface area (Å²) in [6.45, 7) is 4.81. The lowest BCUT2D eigenvalue weighted by Crippen LogP contribution is -2.36. The number of rotatable bonds is 2. The molecule has 1 aromatic heterocycles. The van der Waals surface area contributed by atoms with Crippen LogP contribution in [0.3, 0.4) is 0 Å². The first-order valence-corrected chi connectivity index (χ1v) is 16.1. The molecule has 0 radical (unpaired) electrons. The molecule has 3 heteroatoms. The Morgan fingerprint density at radius 2 is 1.37 bits per heavy atom. The predicted octanol–water partition coefficient (Wildman–Crippen LogP) is 10.6. The molecule has 0 spiro atoms. The second-order valence-corrected chi connectivity index (χ2v) is 13.7. The highest BCUT2D eigenvalue weighted by Crippen LogP contribution is 2.54. The summed E-state index contributed by atoms with van der Waals surface area (Å²) in [5.41, 5.74) is 11.2. The highest BCUT2D eigenvalue weighted by Gasteiger charge is 2.39. The van der Waals surface area contributed by atoms with Crippen LogP contribution in [-0.2, 0) is 5.41 Å². The largest absolute Gasteiger partial charge is 0.308 e. The highest BCUT2D eigenvalue weighted by atomic mass is 15.4. The van der Waals surface area contributed by atoms with Crippen molar-refractivity contribution in [2.24, 2.45) is 4.99 Å². The molecular weight excluding hydrogens is 558 g/mol. The van der Waals surface area contributed by atoms with Gasteiger partial charge in [-0.1, -0.05) is 98.8 Å². The van der Waals surface area contributed by atoms with Crippen LogP contribution < -0.4 is 0 Å². The normalized spacial score (nSPS) is 19.1. The molecule has 218 valence electrons. The molecule has 3 aliphatic rings. The molecule has 10 rings (SSSR count). The van der Waals surface area contributed by atoms with Crippen LogP contribution in [0.4, 0.5) is 0 Å². The fraction of sp³-hybridized carbons (Fsp3) is 0.0930.